The lowest BCUT2D eigenvalue weighted by molar-refractivity contribution is 0.0989. The van der Waals surface area contributed by atoms with Gasteiger partial charge in [-0.25, -0.2) is 0 Å². The Labute approximate surface area is 81.1 Å². The molecular weight excluding hydrogens is 190 g/mol. The summed E-state index contributed by atoms with van der Waals surface area (Å²) in [4.78, 5) is 11.3. The zero-order valence-corrected chi connectivity index (χ0v) is 7.88. The molecule has 70 valence electrons. The molecule has 1 rings (SSSR count). The van der Waals surface area contributed by atoms with Gasteiger partial charge in [-0.2, -0.15) is 0 Å². The van der Waals surface area contributed by atoms with Crippen molar-refractivity contribution in [3.8, 4) is 5.75 Å². The van der Waals surface area contributed by atoms with Crippen LogP contribution in [0.15, 0.2) is 18.2 Å². The number of anilines is 1. The van der Waals surface area contributed by atoms with Crippen LogP contribution in [0.4, 0.5) is 5.69 Å². The van der Waals surface area contributed by atoms with E-state index in [-0.39, 0.29) is 17.1 Å². The van der Waals surface area contributed by atoms with Gasteiger partial charge in [-0.1, -0.05) is 0 Å². The first kappa shape index (κ1) is 9.86. The summed E-state index contributed by atoms with van der Waals surface area (Å²) in [5.74, 6) is -0.434. The molecule has 3 N–H and O–H groups in total. The van der Waals surface area contributed by atoms with E-state index in [2.05, 4.69) is 0 Å². The van der Waals surface area contributed by atoms with E-state index >= 15 is 0 Å². The first-order valence-corrected chi connectivity index (χ1v) is 4.23. The van der Waals surface area contributed by atoms with Crippen LogP contribution in [0.25, 0.3) is 0 Å². The molecule has 0 aliphatic carbocycles. The average molecular weight is 200 g/mol. The standard InChI is InChI=1S/C9H10ClNO2/c1-5(10)9(13)7-3-2-6(11)4-8(7)12/h2-5,12H,11H2,1H3. The van der Waals surface area contributed by atoms with E-state index in [1.54, 1.807) is 13.0 Å². The molecule has 0 saturated heterocycles. The van der Waals surface area contributed by atoms with E-state index in [0.29, 0.717) is 5.69 Å². The molecule has 1 unspecified atom stereocenters. The van der Waals surface area contributed by atoms with Crippen LogP contribution in [0.2, 0.25) is 0 Å². The van der Waals surface area contributed by atoms with Crippen molar-refractivity contribution < 1.29 is 9.90 Å². The van der Waals surface area contributed by atoms with Gasteiger partial charge in [0.25, 0.3) is 0 Å². The Morgan fingerprint density at radius 2 is 2.23 bits per heavy atom. The number of aromatic hydroxyl groups is 1. The summed E-state index contributed by atoms with van der Waals surface area (Å²) in [5.41, 5.74) is 6.02. The third kappa shape index (κ3) is 2.12. The number of phenols is 1. The Balaban J connectivity index is 3.09. The second-order valence-electron chi connectivity index (χ2n) is 2.76. The molecule has 0 bridgehead atoms. The molecule has 3 nitrogen and oxygen atoms in total. The van der Waals surface area contributed by atoms with Crippen LogP contribution in [0.1, 0.15) is 17.3 Å². The van der Waals surface area contributed by atoms with Gasteiger partial charge in [0.2, 0.25) is 0 Å². The normalized spacial score (nSPS) is 12.5. The second-order valence-corrected chi connectivity index (χ2v) is 3.41. The third-order valence-corrected chi connectivity index (χ3v) is 1.85. The molecule has 0 radical (unpaired) electrons. The smallest absolute Gasteiger partial charge is 0.184 e. The van der Waals surface area contributed by atoms with Crippen molar-refractivity contribution in [2.45, 2.75) is 12.3 Å². The summed E-state index contributed by atoms with van der Waals surface area (Å²) in [7, 11) is 0. The Kier molecular flexibility index (Phi) is 2.78. The highest BCUT2D eigenvalue weighted by molar-refractivity contribution is 6.33. The van der Waals surface area contributed by atoms with Crippen molar-refractivity contribution in [2.24, 2.45) is 0 Å². The molecule has 0 heterocycles. The van der Waals surface area contributed by atoms with Crippen molar-refractivity contribution in [1.29, 1.82) is 0 Å². The number of ketones is 1. The largest absolute Gasteiger partial charge is 0.507 e. The molecule has 0 aliphatic heterocycles. The molecule has 1 aromatic rings. The van der Waals surface area contributed by atoms with E-state index in [0.717, 1.165) is 0 Å². The number of hydrogen-bond acceptors (Lipinski definition) is 3. The molecule has 0 aliphatic rings. The van der Waals surface area contributed by atoms with Gasteiger partial charge in [0.1, 0.15) is 5.75 Å². The number of rotatable bonds is 2. The summed E-state index contributed by atoms with van der Waals surface area (Å²) >= 11 is 5.58. The summed E-state index contributed by atoms with van der Waals surface area (Å²) in [6, 6.07) is 4.34. The fourth-order valence-electron chi connectivity index (χ4n) is 0.971. The first-order valence-electron chi connectivity index (χ1n) is 3.79. The number of halogens is 1. The van der Waals surface area contributed by atoms with E-state index in [9.17, 15) is 9.90 Å². The number of carbonyl (C=O) groups excluding carboxylic acids is 1. The van der Waals surface area contributed by atoms with Gasteiger partial charge in [0.05, 0.1) is 10.9 Å². The highest BCUT2D eigenvalue weighted by Gasteiger charge is 2.15. The van der Waals surface area contributed by atoms with Gasteiger partial charge in [0.15, 0.2) is 5.78 Å². The number of alkyl halides is 1. The molecule has 0 amide bonds. The lowest BCUT2D eigenvalue weighted by Crippen LogP contribution is -2.10. The van der Waals surface area contributed by atoms with Crippen LogP contribution < -0.4 is 5.73 Å². The second kappa shape index (κ2) is 3.66. The zero-order chi connectivity index (χ0) is 10.0. The number of phenolic OH excluding ortho intramolecular Hbond substituents is 1. The predicted octanol–water partition coefficient (Wildman–Crippen LogP) is 1.78. The van der Waals surface area contributed by atoms with Crippen LogP contribution in [-0.2, 0) is 0 Å². The van der Waals surface area contributed by atoms with E-state index in [1.807, 2.05) is 0 Å². The molecule has 0 fully saturated rings. The van der Waals surface area contributed by atoms with E-state index in [1.165, 1.54) is 12.1 Å². The number of carbonyl (C=O) groups is 1. The summed E-state index contributed by atoms with van der Waals surface area (Å²) < 4.78 is 0. The maximum atomic E-state index is 11.3. The van der Waals surface area contributed by atoms with E-state index < -0.39 is 5.38 Å². The first-order chi connectivity index (χ1) is 6.02. The minimum atomic E-state index is -0.644. The molecule has 13 heavy (non-hydrogen) atoms. The molecule has 0 aromatic heterocycles. The number of hydrogen-bond donors (Lipinski definition) is 2. The lowest BCUT2D eigenvalue weighted by atomic mass is 10.1. The van der Waals surface area contributed by atoms with Crippen LogP contribution >= 0.6 is 11.6 Å². The highest BCUT2D eigenvalue weighted by Crippen LogP contribution is 2.22. The van der Waals surface area contributed by atoms with Crippen molar-refractivity contribution in [3.05, 3.63) is 23.8 Å². The minimum absolute atomic E-state index is 0.127. The van der Waals surface area contributed by atoms with Crippen LogP contribution in [0, 0.1) is 0 Å². The van der Waals surface area contributed by atoms with Gasteiger partial charge in [-0.15, -0.1) is 11.6 Å². The van der Waals surface area contributed by atoms with Crippen LogP contribution in [0.3, 0.4) is 0 Å². The number of nitrogens with two attached hydrogens (primary N) is 1. The Hall–Kier alpha value is -1.22. The molecule has 0 saturated carbocycles. The maximum absolute atomic E-state index is 11.3. The third-order valence-electron chi connectivity index (χ3n) is 1.65. The fourth-order valence-corrected chi connectivity index (χ4v) is 1.09. The summed E-state index contributed by atoms with van der Waals surface area (Å²) in [5, 5.41) is 8.71. The van der Waals surface area contributed by atoms with Crippen molar-refractivity contribution in [2.75, 3.05) is 5.73 Å². The van der Waals surface area contributed by atoms with Gasteiger partial charge < -0.3 is 10.8 Å². The average Bonchev–Trinajstić information content (AvgIpc) is 2.03. The molecule has 4 heteroatoms. The monoisotopic (exact) mass is 199 g/mol. The Morgan fingerprint density at radius 1 is 1.62 bits per heavy atom. The predicted molar refractivity (Wildman–Crippen MR) is 52.2 cm³/mol. The zero-order valence-electron chi connectivity index (χ0n) is 7.12. The summed E-state index contributed by atoms with van der Waals surface area (Å²) in [6.45, 7) is 1.56. The molecule has 0 spiro atoms. The van der Waals surface area contributed by atoms with Crippen molar-refractivity contribution in [1.82, 2.24) is 0 Å². The number of Topliss-reactive ketones (excluding diaryl/α,β-unsaturated/α-hetero) is 1. The van der Waals surface area contributed by atoms with Gasteiger partial charge >= 0.3 is 0 Å². The lowest BCUT2D eigenvalue weighted by Gasteiger charge is -2.05. The van der Waals surface area contributed by atoms with Crippen molar-refractivity contribution >= 4 is 23.1 Å². The minimum Gasteiger partial charge on any atom is -0.507 e. The Morgan fingerprint density at radius 3 is 2.69 bits per heavy atom. The van der Waals surface area contributed by atoms with Gasteiger partial charge in [0, 0.05) is 11.8 Å². The number of nitrogen functional groups attached to an aromatic ring is 1. The van der Waals surface area contributed by atoms with Crippen LogP contribution in [-0.4, -0.2) is 16.3 Å². The number of benzene rings is 1. The van der Waals surface area contributed by atoms with E-state index in [4.69, 9.17) is 17.3 Å². The quantitative estimate of drug-likeness (QED) is 0.434. The van der Waals surface area contributed by atoms with Gasteiger partial charge in [-0.3, -0.25) is 4.79 Å². The van der Waals surface area contributed by atoms with Crippen LogP contribution in [0.5, 0.6) is 5.75 Å². The van der Waals surface area contributed by atoms with Gasteiger partial charge in [-0.05, 0) is 19.1 Å². The molecule has 1 atom stereocenters. The fraction of sp³-hybridized carbons (Fsp3) is 0.222. The molecule has 1 aromatic carbocycles. The highest BCUT2D eigenvalue weighted by atomic mass is 35.5. The van der Waals surface area contributed by atoms with Crippen molar-refractivity contribution in [3.63, 3.8) is 0 Å². The maximum Gasteiger partial charge on any atom is 0.184 e. The Bertz CT molecular complexity index is 336. The summed E-state index contributed by atoms with van der Waals surface area (Å²) in [6.07, 6.45) is 0. The SMILES string of the molecule is CC(Cl)C(=O)c1ccc(N)cc1O. The topological polar surface area (TPSA) is 63.3 Å². The molecular formula is C9H10ClNO2.